The summed E-state index contributed by atoms with van der Waals surface area (Å²) in [7, 11) is -2.18. The second-order valence-corrected chi connectivity index (χ2v) is 6.70. The van der Waals surface area contributed by atoms with E-state index in [1.165, 1.54) is 23.5 Å². The van der Waals surface area contributed by atoms with E-state index < -0.39 is 10.0 Å². The summed E-state index contributed by atoms with van der Waals surface area (Å²) in [5, 5.41) is 15.4. The maximum absolute atomic E-state index is 12.5. The normalized spacial score (nSPS) is 11.6. The van der Waals surface area contributed by atoms with E-state index in [-0.39, 0.29) is 11.4 Å². The zero-order valence-electron chi connectivity index (χ0n) is 12.0. The molecule has 0 bridgehead atoms. The van der Waals surface area contributed by atoms with Crippen LogP contribution in [0.1, 0.15) is 22.8 Å². The Hall–Kier alpha value is -2.24. The van der Waals surface area contributed by atoms with Crippen molar-refractivity contribution in [3.63, 3.8) is 0 Å². The van der Waals surface area contributed by atoms with E-state index in [4.69, 9.17) is 5.26 Å². The molecule has 0 spiro atoms. The summed E-state index contributed by atoms with van der Waals surface area (Å²) in [6, 6.07) is 6.48. The van der Waals surface area contributed by atoms with E-state index in [0.717, 1.165) is 0 Å². The lowest BCUT2D eigenvalue weighted by Gasteiger charge is -2.17. The molecule has 0 saturated heterocycles. The van der Waals surface area contributed by atoms with E-state index in [0.29, 0.717) is 22.8 Å². The molecule has 7 nitrogen and oxygen atoms in total. The van der Waals surface area contributed by atoms with E-state index in [1.807, 2.05) is 6.07 Å². The molecule has 2 rings (SSSR count). The van der Waals surface area contributed by atoms with Crippen LogP contribution in [0.5, 0.6) is 0 Å². The highest BCUT2D eigenvalue weighted by atomic mass is 32.2. The van der Waals surface area contributed by atoms with Gasteiger partial charge in [-0.05, 0) is 37.6 Å². The Kier molecular flexibility index (Phi) is 4.06. The fourth-order valence-corrected chi connectivity index (χ4v) is 3.25. The Labute approximate surface area is 123 Å². The lowest BCUT2D eigenvalue weighted by Crippen LogP contribution is -2.27. The van der Waals surface area contributed by atoms with Gasteiger partial charge in [0.05, 0.1) is 23.1 Å². The predicted molar refractivity (Wildman–Crippen MR) is 75.7 cm³/mol. The SMILES string of the molecule is Cc1nc(CN(C)S(=O)(=O)c2ccc(C#N)cc2C)n[nH]1. The average Bonchev–Trinajstić information content (AvgIpc) is 2.83. The molecule has 0 unspecified atom stereocenters. The standard InChI is InChI=1S/C13H15N5O2S/c1-9-6-11(7-14)4-5-12(9)21(19,20)18(3)8-13-15-10(2)16-17-13/h4-6H,8H2,1-3H3,(H,15,16,17). The third kappa shape index (κ3) is 3.09. The first kappa shape index (κ1) is 15.2. The third-order valence-corrected chi connectivity index (χ3v) is 4.96. The first-order chi connectivity index (χ1) is 9.84. The summed E-state index contributed by atoms with van der Waals surface area (Å²) in [6.45, 7) is 3.49. The molecular formula is C13H15N5O2S. The summed E-state index contributed by atoms with van der Waals surface area (Å²) in [5.74, 6) is 1.04. The van der Waals surface area contributed by atoms with Gasteiger partial charge in [-0.25, -0.2) is 13.4 Å². The molecule has 110 valence electrons. The summed E-state index contributed by atoms with van der Waals surface area (Å²) in [5.41, 5.74) is 0.964. The number of hydrogen-bond donors (Lipinski definition) is 1. The minimum Gasteiger partial charge on any atom is -0.263 e. The van der Waals surface area contributed by atoms with Crippen molar-refractivity contribution in [3.05, 3.63) is 41.0 Å². The van der Waals surface area contributed by atoms with Gasteiger partial charge in [0.15, 0.2) is 5.82 Å². The number of nitriles is 1. The molecule has 21 heavy (non-hydrogen) atoms. The molecule has 1 aromatic carbocycles. The Balaban J connectivity index is 2.31. The van der Waals surface area contributed by atoms with Gasteiger partial charge < -0.3 is 0 Å². The topological polar surface area (TPSA) is 103 Å². The number of aryl methyl sites for hydroxylation is 2. The molecular weight excluding hydrogens is 290 g/mol. The van der Waals surface area contributed by atoms with Gasteiger partial charge in [-0.1, -0.05) is 0 Å². The zero-order chi connectivity index (χ0) is 15.6. The van der Waals surface area contributed by atoms with Gasteiger partial charge in [-0.15, -0.1) is 0 Å². The van der Waals surface area contributed by atoms with Crippen LogP contribution in [-0.2, 0) is 16.6 Å². The van der Waals surface area contributed by atoms with Crippen LogP contribution < -0.4 is 0 Å². The number of H-pyrrole nitrogens is 1. The number of nitrogens with zero attached hydrogens (tertiary/aromatic N) is 4. The van der Waals surface area contributed by atoms with Crippen molar-refractivity contribution in [2.75, 3.05) is 7.05 Å². The van der Waals surface area contributed by atoms with Crippen molar-refractivity contribution < 1.29 is 8.42 Å². The van der Waals surface area contributed by atoms with Crippen molar-refractivity contribution in [2.45, 2.75) is 25.3 Å². The largest absolute Gasteiger partial charge is 0.263 e. The highest BCUT2D eigenvalue weighted by Crippen LogP contribution is 2.20. The third-order valence-electron chi connectivity index (χ3n) is 3.00. The zero-order valence-corrected chi connectivity index (χ0v) is 12.8. The number of aromatic nitrogens is 3. The van der Waals surface area contributed by atoms with Crippen LogP contribution in [0.15, 0.2) is 23.1 Å². The van der Waals surface area contributed by atoms with E-state index in [1.54, 1.807) is 19.9 Å². The molecule has 0 radical (unpaired) electrons. The van der Waals surface area contributed by atoms with Crippen LogP contribution in [0, 0.1) is 25.2 Å². The molecule has 2 aromatic rings. The first-order valence-corrected chi connectivity index (χ1v) is 7.63. The van der Waals surface area contributed by atoms with Crippen molar-refractivity contribution in [2.24, 2.45) is 0 Å². The average molecular weight is 305 g/mol. The molecule has 0 amide bonds. The van der Waals surface area contributed by atoms with Crippen LogP contribution in [0.25, 0.3) is 0 Å². The summed E-state index contributed by atoms with van der Waals surface area (Å²) < 4.78 is 26.3. The van der Waals surface area contributed by atoms with E-state index in [2.05, 4.69) is 15.2 Å². The number of hydrogen-bond acceptors (Lipinski definition) is 5. The molecule has 0 aliphatic heterocycles. The lowest BCUT2D eigenvalue weighted by atomic mass is 10.2. The van der Waals surface area contributed by atoms with Crippen LogP contribution in [0.2, 0.25) is 0 Å². The van der Waals surface area contributed by atoms with Crippen molar-refractivity contribution >= 4 is 10.0 Å². The summed E-state index contributed by atoms with van der Waals surface area (Å²) in [4.78, 5) is 4.27. The Morgan fingerprint density at radius 2 is 2.10 bits per heavy atom. The second-order valence-electron chi connectivity index (χ2n) is 4.69. The molecule has 0 atom stereocenters. The van der Waals surface area contributed by atoms with Gasteiger partial charge in [0.2, 0.25) is 10.0 Å². The number of nitrogens with one attached hydrogen (secondary N) is 1. The van der Waals surface area contributed by atoms with Gasteiger partial charge in [-0.2, -0.15) is 14.7 Å². The van der Waals surface area contributed by atoms with Crippen molar-refractivity contribution in [3.8, 4) is 6.07 Å². The fourth-order valence-electron chi connectivity index (χ4n) is 1.92. The minimum absolute atomic E-state index is 0.0755. The minimum atomic E-state index is -3.65. The molecule has 1 N–H and O–H groups in total. The fraction of sp³-hybridized carbons (Fsp3) is 0.308. The Morgan fingerprint density at radius 1 is 1.38 bits per heavy atom. The van der Waals surface area contributed by atoms with Gasteiger partial charge >= 0.3 is 0 Å². The molecule has 1 aromatic heterocycles. The number of sulfonamides is 1. The number of benzene rings is 1. The quantitative estimate of drug-likeness (QED) is 0.911. The van der Waals surface area contributed by atoms with Crippen LogP contribution in [0.3, 0.4) is 0 Å². The van der Waals surface area contributed by atoms with Gasteiger partial charge in [0, 0.05) is 7.05 Å². The van der Waals surface area contributed by atoms with Gasteiger partial charge in [0.1, 0.15) is 5.82 Å². The molecule has 8 heteroatoms. The molecule has 1 heterocycles. The van der Waals surface area contributed by atoms with Crippen LogP contribution in [0.4, 0.5) is 0 Å². The highest BCUT2D eigenvalue weighted by Gasteiger charge is 2.24. The number of rotatable bonds is 4. The van der Waals surface area contributed by atoms with Gasteiger partial charge in [-0.3, -0.25) is 5.10 Å². The summed E-state index contributed by atoms with van der Waals surface area (Å²) >= 11 is 0. The predicted octanol–water partition coefficient (Wildman–Crippen LogP) is 1.11. The monoisotopic (exact) mass is 305 g/mol. The van der Waals surface area contributed by atoms with Crippen LogP contribution >= 0.6 is 0 Å². The maximum Gasteiger partial charge on any atom is 0.243 e. The molecule has 0 fully saturated rings. The highest BCUT2D eigenvalue weighted by molar-refractivity contribution is 7.89. The Morgan fingerprint density at radius 3 is 2.62 bits per heavy atom. The molecule has 0 saturated carbocycles. The number of aromatic amines is 1. The second kappa shape index (κ2) is 5.63. The van der Waals surface area contributed by atoms with E-state index in [9.17, 15) is 8.42 Å². The van der Waals surface area contributed by atoms with E-state index >= 15 is 0 Å². The van der Waals surface area contributed by atoms with Crippen LogP contribution in [-0.4, -0.2) is 35.0 Å². The summed E-state index contributed by atoms with van der Waals surface area (Å²) in [6.07, 6.45) is 0. The Bertz CT molecular complexity index is 804. The van der Waals surface area contributed by atoms with Crippen molar-refractivity contribution in [1.29, 1.82) is 5.26 Å². The molecule has 0 aliphatic carbocycles. The first-order valence-electron chi connectivity index (χ1n) is 6.19. The van der Waals surface area contributed by atoms with Crippen molar-refractivity contribution in [1.82, 2.24) is 19.5 Å². The van der Waals surface area contributed by atoms with Gasteiger partial charge in [0.25, 0.3) is 0 Å². The lowest BCUT2D eigenvalue weighted by molar-refractivity contribution is 0.456. The maximum atomic E-state index is 12.5. The molecule has 0 aliphatic rings. The smallest absolute Gasteiger partial charge is 0.243 e.